The van der Waals surface area contributed by atoms with Gasteiger partial charge in [-0.15, -0.1) is 0 Å². The quantitative estimate of drug-likeness (QED) is 0.0709. The minimum Gasteiger partial charge on any atom is -0.367 e. The van der Waals surface area contributed by atoms with Crippen LogP contribution in [-0.4, -0.2) is 126 Å². The van der Waals surface area contributed by atoms with E-state index in [2.05, 4.69) is 0 Å². The van der Waals surface area contributed by atoms with Crippen molar-refractivity contribution >= 4 is 36.1 Å². The van der Waals surface area contributed by atoms with Crippen molar-refractivity contribution in [3.05, 3.63) is 0 Å². The summed E-state index contributed by atoms with van der Waals surface area (Å²) in [5.74, 6) is 0. The second-order valence-corrected chi connectivity index (χ2v) is 26.0. The summed E-state index contributed by atoms with van der Waals surface area (Å²) in [6.07, 6.45) is -0.173. The summed E-state index contributed by atoms with van der Waals surface area (Å²) >= 11 is 0. The van der Waals surface area contributed by atoms with E-state index in [9.17, 15) is 4.80 Å². The van der Waals surface area contributed by atoms with Crippen molar-refractivity contribution in [1.82, 2.24) is 0 Å². The number of rotatable bonds is 28. The van der Waals surface area contributed by atoms with Crippen LogP contribution in [0.5, 0.6) is 0 Å². The van der Waals surface area contributed by atoms with Crippen molar-refractivity contribution < 1.29 is 66.8 Å². The van der Waals surface area contributed by atoms with Crippen molar-refractivity contribution in [2.75, 3.05) is 0 Å². The van der Waals surface area contributed by atoms with E-state index in [1.54, 1.807) is 0 Å². The van der Waals surface area contributed by atoms with Crippen LogP contribution in [0.4, 0.5) is 0 Å². The van der Waals surface area contributed by atoms with Crippen LogP contribution < -0.4 is 5.40 Å². The molecule has 0 amide bonds. The Hall–Kier alpha value is 0.228. The van der Waals surface area contributed by atoms with Gasteiger partial charge in [0.1, 0.15) is 0 Å². The SMILES string of the molecule is CC(C)O[Si](N)(OC(C)C)OC(C)C.CC(C)O[Si](O)(OC(C)C)OC(C)C.CC(C)O[Si](OC(C)C)(OC(C)C)OC(C)C.CC(C)O[Si](OC(C)C)(OC(C)C)OC(C)C. The fourth-order valence-electron chi connectivity index (χ4n) is 4.69. The van der Waals surface area contributed by atoms with E-state index in [1.807, 2.05) is 194 Å². The normalized spacial score (nSPS) is 13.4. The molecule has 0 atom stereocenters. The maximum absolute atomic E-state index is 9.99. The van der Waals surface area contributed by atoms with Crippen LogP contribution in [-0.2, 0) is 62.0 Å². The van der Waals surface area contributed by atoms with Crippen LogP contribution in [0.25, 0.3) is 0 Å². The summed E-state index contributed by atoms with van der Waals surface area (Å²) in [5, 5.41) is 5.97. The topological polar surface area (TPSA) is 175 Å². The third-order valence-corrected chi connectivity index (χ3v) is 16.2. The highest BCUT2D eigenvalue weighted by atomic mass is 28.4. The third-order valence-electron chi connectivity index (χ3n) is 5.39. The van der Waals surface area contributed by atoms with E-state index in [0.717, 1.165) is 0 Å². The molecule has 0 aromatic rings. The molecule has 3 N–H and O–H groups in total. The van der Waals surface area contributed by atoms with Crippen LogP contribution in [0.1, 0.15) is 194 Å². The van der Waals surface area contributed by atoms with Crippen molar-refractivity contribution in [2.24, 2.45) is 5.40 Å². The van der Waals surface area contributed by atoms with E-state index in [1.165, 1.54) is 0 Å². The molecule has 0 bridgehead atoms. The van der Waals surface area contributed by atoms with Crippen LogP contribution in [0.15, 0.2) is 0 Å². The molecule has 380 valence electrons. The van der Waals surface area contributed by atoms with Gasteiger partial charge in [-0.05, 0) is 194 Å². The zero-order valence-electron chi connectivity index (χ0n) is 44.8. The molecule has 0 aliphatic heterocycles. The monoisotopic (exact) mass is 972 g/mol. The molecule has 16 nitrogen and oxygen atoms in total. The minimum atomic E-state index is -3.44. The van der Waals surface area contributed by atoms with Gasteiger partial charge in [-0.2, -0.15) is 0 Å². The zero-order chi connectivity index (χ0) is 50.0. The minimum absolute atomic E-state index is 0.0120. The summed E-state index contributed by atoms with van der Waals surface area (Å²) < 4.78 is 79.3. The highest BCUT2D eigenvalue weighted by Crippen LogP contribution is 2.22. The molecule has 0 saturated heterocycles. The molecule has 0 aliphatic rings. The first-order valence-electron chi connectivity index (χ1n) is 22.8. The first-order chi connectivity index (χ1) is 27.8. The molecule has 0 aromatic heterocycles. The lowest BCUT2D eigenvalue weighted by Gasteiger charge is -2.33. The van der Waals surface area contributed by atoms with E-state index in [4.69, 9.17) is 67.4 Å². The smallest absolute Gasteiger partial charge is 0.367 e. The zero-order valence-corrected chi connectivity index (χ0v) is 48.8. The van der Waals surface area contributed by atoms with Gasteiger partial charge >= 0.3 is 36.1 Å². The van der Waals surface area contributed by atoms with Crippen molar-refractivity contribution in [2.45, 2.75) is 279 Å². The van der Waals surface area contributed by atoms with Crippen molar-refractivity contribution in [3.63, 3.8) is 0 Å². The molecule has 62 heavy (non-hydrogen) atoms. The molecule has 0 spiro atoms. The highest BCUT2D eigenvalue weighted by Gasteiger charge is 2.50. The predicted molar refractivity (Wildman–Crippen MR) is 257 cm³/mol. The third kappa shape index (κ3) is 42.8. The number of hydrogen-bond donors (Lipinski definition) is 2. The Bertz CT molecular complexity index is 828. The lowest BCUT2D eigenvalue weighted by molar-refractivity contribution is -0.0872. The van der Waals surface area contributed by atoms with Gasteiger partial charge in [0.2, 0.25) is 0 Å². The van der Waals surface area contributed by atoms with Gasteiger partial charge in [-0.1, -0.05) is 0 Å². The Balaban J connectivity index is -0.000000363. The summed E-state index contributed by atoms with van der Waals surface area (Å²) in [6.45, 7) is 53.9. The molecule has 0 rings (SSSR count). The first kappa shape index (κ1) is 68.8. The fraction of sp³-hybridized carbons (Fsp3) is 1.00. The van der Waals surface area contributed by atoms with E-state index in [-0.39, 0.29) is 85.5 Å². The van der Waals surface area contributed by atoms with Gasteiger partial charge in [0, 0.05) is 85.5 Å². The second-order valence-electron chi connectivity index (χ2n) is 18.5. The maximum atomic E-state index is 9.99. The van der Waals surface area contributed by atoms with Crippen LogP contribution in [0.2, 0.25) is 0 Å². The van der Waals surface area contributed by atoms with Gasteiger partial charge in [-0.3, -0.25) is 5.40 Å². The first-order valence-corrected chi connectivity index (χ1v) is 29.6. The van der Waals surface area contributed by atoms with Crippen molar-refractivity contribution in [3.8, 4) is 0 Å². The number of hydrogen-bond acceptors (Lipinski definition) is 16. The molecule has 0 heterocycles. The van der Waals surface area contributed by atoms with Crippen LogP contribution in [0.3, 0.4) is 0 Å². The Morgan fingerprint density at radius 2 is 0.339 bits per heavy atom. The standard InChI is InChI=1S/2C12H28O4Si.C9H23NO3Si.C9H22O4Si/c2*1-9(2)13-17(14-10(3)4,15-11(5)6)16-12(7)8;2*1-7(2)11-14(10,12-8(3)4)13-9(5)6/h2*9-12H,1-8H3;7-9H,10H2,1-6H3;7-10H,1-6H3. The van der Waals surface area contributed by atoms with E-state index in [0.29, 0.717) is 0 Å². The van der Waals surface area contributed by atoms with Gasteiger partial charge in [-0.25, -0.2) is 0 Å². The molecule has 0 radical (unpaired) electrons. The Morgan fingerprint density at radius 3 is 0.435 bits per heavy atom. The van der Waals surface area contributed by atoms with Crippen LogP contribution >= 0.6 is 0 Å². The average Bonchev–Trinajstić information content (AvgIpc) is 2.91. The molecule has 20 heteroatoms. The molecule has 0 aliphatic carbocycles. The van der Waals surface area contributed by atoms with Crippen LogP contribution in [0, 0.1) is 0 Å². The summed E-state index contributed by atoms with van der Waals surface area (Å²) in [7, 11) is -12.5. The number of nitrogens with two attached hydrogens (primary N) is 1. The Labute approximate surface area is 386 Å². The summed E-state index contributed by atoms with van der Waals surface area (Å²) in [5.41, 5.74) is 0. The second kappa shape index (κ2) is 34.5. The maximum Gasteiger partial charge on any atom is 0.680 e. The molecule has 0 unspecified atom stereocenters. The lowest BCUT2D eigenvalue weighted by Crippen LogP contribution is -2.59. The average molecular weight is 973 g/mol. The summed E-state index contributed by atoms with van der Waals surface area (Å²) in [6, 6.07) is 0. The molecule has 0 aromatic carbocycles. The van der Waals surface area contributed by atoms with Gasteiger partial charge in [0.25, 0.3) is 0 Å². The largest absolute Gasteiger partial charge is 0.680 e. The molecular formula is C42H101NO15Si4. The molecule has 0 fully saturated rings. The van der Waals surface area contributed by atoms with Crippen molar-refractivity contribution in [1.29, 1.82) is 0 Å². The van der Waals surface area contributed by atoms with Gasteiger partial charge < -0.3 is 66.8 Å². The van der Waals surface area contributed by atoms with E-state index >= 15 is 0 Å². The fourth-order valence-corrected chi connectivity index (χ4v) is 14.1. The van der Waals surface area contributed by atoms with Gasteiger partial charge in [0.15, 0.2) is 0 Å². The predicted octanol–water partition coefficient (Wildman–Crippen LogP) is 9.59. The Kier molecular flexibility index (Phi) is 38.3. The summed E-state index contributed by atoms with van der Waals surface area (Å²) in [4.78, 5) is 9.99. The molecule has 0 saturated carbocycles. The van der Waals surface area contributed by atoms with E-state index < -0.39 is 36.1 Å². The Morgan fingerprint density at radius 1 is 0.226 bits per heavy atom. The highest BCUT2D eigenvalue weighted by molar-refractivity contribution is 6.57. The molecular weight excluding hydrogens is 871 g/mol. The van der Waals surface area contributed by atoms with Gasteiger partial charge in [0.05, 0.1) is 0 Å². The lowest BCUT2D eigenvalue weighted by atomic mass is 10.5.